The number of nitriles is 1. The maximum Gasteiger partial charge on any atom is 0.321 e. The van der Waals surface area contributed by atoms with Crippen LogP contribution in [0.3, 0.4) is 0 Å². The molecule has 0 saturated heterocycles. The molecule has 4 nitrogen and oxygen atoms in total. The van der Waals surface area contributed by atoms with Gasteiger partial charge in [-0.3, -0.25) is 0 Å². The van der Waals surface area contributed by atoms with Gasteiger partial charge < -0.3 is 10.2 Å². The number of urea groups is 1. The van der Waals surface area contributed by atoms with E-state index < -0.39 is 0 Å². The molecule has 1 aromatic rings. The van der Waals surface area contributed by atoms with E-state index in [1.165, 1.54) is 4.90 Å². The van der Waals surface area contributed by atoms with E-state index in [9.17, 15) is 4.79 Å². The van der Waals surface area contributed by atoms with Crippen LogP contribution in [0.4, 0.5) is 10.5 Å². The molecule has 2 amide bonds. The van der Waals surface area contributed by atoms with E-state index in [1.54, 1.807) is 32.3 Å². The third-order valence-electron chi connectivity index (χ3n) is 1.75. The van der Waals surface area contributed by atoms with E-state index in [0.717, 1.165) is 4.47 Å². The Morgan fingerprint density at radius 2 is 2.20 bits per heavy atom. The highest BCUT2D eigenvalue weighted by Crippen LogP contribution is 2.20. The number of benzene rings is 1. The second-order valence-corrected chi connectivity index (χ2v) is 4.04. The Balaban J connectivity index is 2.96. The van der Waals surface area contributed by atoms with Gasteiger partial charge >= 0.3 is 6.03 Å². The Kier molecular flexibility index (Phi) is 3.69. The van der Waals surface area contributed by atoms with Crippen molar-refractivity contribution >= 4 is 27.6 Å². The van der Waals surface area contributed by atoms with Crippen molar-refractivity contribution in [3.8, 4) is 6.07 Å². The molecule has 0 spiro atoms. The molecule has 15 heavy (non-hydrogen) atoms. The van der Waals surface area contributed by atoms with E-state index in [1.807, 2.05) is 6.07 Å². The summed E-state index contributed by atoms with van der Waals surface area (Å²) in [6.45, 7) is 0. The lowest BCUT2D eigenvalue weighted by atomic mass is 10.2. The van der Waals surface area contributed by atoms with Crippen LogP contribution >= 0.6 is 15.9 Å². The number of rotatable bonds is 1. The zero-order valence-electron chi connectivity index (χ0n) is 8.41. The Hall–Kier alpha value is -1.54. The molecule has 1 rings (SSSR count). The lowest BCUT2D eigenvalue weighted by molar-refractivity contribution is 0.230. The molecule has 78 valence electrons. The normalized spacial score (nSPS) is 9.20. The van der Waals surface area contributed by atoms with Gasteiger partial charge in [0.05, 0.1) is 11.3 Å². The number of nitrogens with one attached hydrogen (secondary N) is 1. The highest BCUT2D eigenvalue weighted by atomic mass is 79.9. The lowest BCUT2D eigenvalue weighted by Gasteiger charge is -2.12. The molecule has 0 heterocycles. The monoisotopic (exact) mass is 267 g/mol. The van der Waals surface area contributed by atoms with E-state index in [2.05, 4.69) is 21.2 Å². The number of hydrogen-bond acceptors (Lipinski definition) is 2. The fraction of sp³-hybridized carbons (Fsp3) is 0.200. The Morgan fingerprint density at radius 3 is 2.73 bits per heavy atom. The van der Waals surface area contributed by atoms with Crippen LogP contribution in [0.25, 0.3) is 0 Å². The predicted octanol–water partition coefficient (Wildman–Crippen LogP) is 2.41. The first-order valence-corrected chi connectivity index (χ1v) is 5.02. The van der Waals surface area contributed by atoms with Crippen molar-refractivity contribution in [1.82, 2.24) is 4.90 Å². The first-order valence-electron chi connectivity index (χ1n) is 4.22. The summed E-state index contributed by atoms with van der Waals surface area (Å²) in [5.41, 5.74) is 0.943. The lowest BCUT2D eigenvalue weighted by Crippen LogP contribution is -2.27. The fourth-order valence-corrected chi connectivity index (χ4v) is 1.31. The number of nitrogens with zero attached hydrogens (tertiary/aromatic N) is 2. The minimum atomic E-state index is -0.256. The molecular weight excluding hydrogens is 258 g/mol. The van der Waals surface area contributed by atoms with Gasteiger partial charge in [-0.15, -0.1) is 0 Å². The molecule has 0 aromatic heterocycles. The molecule has 1 N–H and O–H groups in total. The fourth-order valence-electron chi connectivity index (χ4n) is 0.945. The van der Waals surface area contributed by atoms with Crippen molar-refractivity contribution in [2.45, 2.75) is 0 Å². The molecule has 5 heteroatoms. The van der Waals surface area contributed by atoms with Gasteiger partial charge in [0, 0.05) is 18.6 Å². The van der Waals surface area contributed by atoms with Crippen molar-refractivity contribution < 1.29 is 4.79 Å². The molecule has 0 aliphatic carbocycles. The molecule has 0 aliphatic rings. The molecular formula is C10H10BrN3O. The largest absolute Gasteiger partial charge is 0.331 e. The Labute approximate surface area is 96.6 Å². The maximum absolute atomic E-state index is 11.4. The summed E-state index contributed by atoms with van der Waals surface area (Å²) < 4.78 is 0.807. The van der Waals surface area contributed by atoms with Crippen molar-refractivity contribution in [2.24, 2.45) is 0 Å². The highest BCUT2D eigenvalue weighted by molar-refractivity contribution is 9.10. The van der Waals surface area contributed by atoms with Crippen LogP contribution in [-0.4, -0.2) is 25.0 Å². The van der Waals surface area contributed by atoms with Crippen LogP contribution in [0.2, 0.25) is 0 Å². The van der Waals surface area contributed by atoms with Crippen LogP contribution in [0.1, 0.15) is 5.56 Å². The number of carbonyl (C=O) groups excluding carboxylic acids is 1. The van der Waals surface area contributed by atoms with E-state index in [0.29, 0.717) is 11.3 Å². The quantitative estimate of drug-likeness (QED) is 0.850. The van der Waals surface area contributed by atoms with Crippen molar-refractivity contribution in [1.29, 1.82) is 5.26 Å². The summed E-state index contributed by atoms with van der Waals surface area (Å²) in [6, 6.07) is 6.87. The first kappa shape index (κ1) is 11.5. The molecule has 0 radical (unpaired) electrons. The predicted molar refractivity (Wildman–Crippen MR) is 61.6 cm³/mol. The number of amides is 2. The van der Waals surface area contributed by atoms with Crippen molar-refractivity contribution in [3.63, 3.8) is 0 Å². The van der Waals surface area contributed by atoms with Crippen LogP contribution in [-0.2, 0) is 0 Å². The summed E-state index contributed by atoms with van der Waals surface area (Å²) >= 11 is 3.26. The van der Waals surface area contributed by atoms with E-state index in [-0.39, 0.29) is 6.03 Å². The molecule has 0 aliphatic heterocycles. The van der Waals surface area contributed by atoms with Gasteiger partial charge in [0.15, 0.2) is 0 Å². The van der Waals surface area contributed by atoms with Crippen molar-refractivity contribution in [3.05, 3.63) is 28.2 Å². The number of carbonyl (C=O) groups is 1. The smallest absolute Gasteiger partial charge is 0.321 e. The minimum Gasteiger partial charge on any atom is -0.331 e. The topological polar surface area (TPSA) is 56.1 Å². The van der Waals surface area contributed by atoms with Crippen LogP contribution in [0, 0.1) is 11.3 Å². The van der Waals surface area contributed by atoms with E-state index >= 15 is 0 Å². The average Bonchev–Trinajstić information content (AvgIpc) is 2.20. The molecule has 0 saturated carbocycles. The minimum absolute atomic E-state index is 0.256. The van der Waals surface area contributed by atoms with Crippen LogP contribution in [0.5, 0.6) is 0 Å². The average molecular weight is 268 g/mol. The van der Waals surface area contributed by atoms with Gasteiger partial charge in [0.25, 0.3) is 0 Å². The van der Waals surface area contributed by atoms with Crippen molar-refractivity contribution in [2.75, 3.05) is 19.4 Å². The van der Waals surface area contributed by atoms with Gasteiger partial charge in [-0.1, -0.05) is 15.9 Å². The van der Waals surface area contributed by atoms with E-state index in [4.69, 9.17) is 5.26 Å². The summed E-state index contributed by atoms with van der Waals surface area (Å²) in [6.07, 6.45) is 0. The summed E-state index contributed by atoms with van der Waals surface area (Å²) in [5, 5.41) is 11.5. The zero-order valence-corrected chi connectivity index (χ0v) is 10.00. The standard InChI is InChI=1S/C10H10BrN3O/c1-14(2)10(15)13-9-4-3-8(11)5-7(9)6-12/h3-5H,1-2H3,(H,13,15). The second kappa shape index (κ2) is 4.80. The van der Waals surface area contributed by atoms with Gasteiger partial charge in [0.2, 0.25) is 0 Å². The molecule has 0 bridgehead atoms. The van der Waals surface area contributed by atoms with Crippen LogP contribution < -0.4 is 5.32 Å². The molecule has 0 fully saturated rings. The van der Waals surface area contributed by atoms with Gasteiger partial charge in [-0.2, -0.15) is 5.26 Å². The van der Waals surface area contributed by atoms with Crippen LogP contribution in [0.15, 0.2) is 22.7 Å². The number of halogens is 1. The zero-order chi connectivity index (χ0) is 11.4. The Bertz CT molecular complexity index is 423. The third kappa shape index (κ3) is 2.96. The summed E-state index contributed by atoms with van der Waals surface area (Å²) in [5.74, 6) is 0. The second-order valence-electron chi connectivity index (χ2n) is 3.13. The highest BCUT2D eigenvalue weighted by Gasteiger charge is 2.07. The number of hydrogen-bond donors (Lipinski definition) is 1. The first-order chi connectivity index (χ1) is 7.04. The maximum atomic E-state index is 11.4. The summed E-state index contributed by atoms with van der Waals surface area (Å²) in [7, 11) is 3.28. The molecule has 0 atom stereocenters. The molecule has 1 aromatic carbocycles. The summed E-state index contributed by atoms with van der Waals surface area (Å²) in [4.78, 5) is 12.8. The van der Waals surface area contributed by atoms with Gasteiger partial charge in [-0.25, -0.2) is 4.79 Å². The Morgan fingerprint density at radius 1 is 1.53 bits per heavy atom. The molecule has 0 unspecified atom stereocenters. The van der Waals surface area contributed by atoms with Gasteiger partial charge in [0.1, 0.15) is 6.07 Å². The third-order valence-corrected chi connectivity index (χ3v) is 2.24. The SMILES string of the molecule is CN(C)C(=O)Nc1ccc(Br)cc1C#N. The van der Waals surface area contributed by atoms with Gasteiger partial charge in [-0.05, 0) is 18.2 Å². The number of anilines is 1.